The fourth-order valence-corrected chi connectivity index (χ4v) is 2.06. The molecule has 2 rings (SSSR count). The summed E-state index contributed by atoms with van der Waals surface area (Å²) >= 11 is 0. The van der Waals surface area contributed by atoms with Gasteiger partial charge in [0.05, 0.1) is 12.2 Å². The zero-order chi connectivity index (χ0) is 14.3. The highest BCUT2D eigenvalue weighted by atomic mass is 19.4. The molecule has 106 valence electrons. The Morgan fingerprint density at radius 3 is 2.79 bits per heavy atom. The van der Waals surface area contributed by atoms with Crippen LogP contribution in [0.4, 0.5) is 13.2 Å². The molecular weight excluding hydrogens is 265 g/mol. The summed E-state index contributed by atoms with van der Waals surface area (Å²) in [6.07, 6.45) is -5.09. The summed E-state index contributed by atoms with van der Waals surface area (Å²) < 4.78 is 43.0. The number of nitrogens with zero attached hydrogens (tertiary/aromatic N) is 2. The van der Waals surface area contributed by atoms with E-state index in [9.17, 15) is 23.1 Å². The molecular formula is C11H13F3N2O3. The van der Waals surface area contributed by atoms with Gasteiger partial charge < -0.3 is 14.5 Å². The Kier molecular flexibility index (Phi) is 3.29. The molecule has 0 bridgehead atoms. The van der Waals surface area contributed by atoms with E-state index in [1.165, 1.54) is 6.07 Å². The van der Waals surface area contributed by atoms with Gasteiger partial charge in [0.25, 0.3) is 5.91 Å². The number of likely N-dealkylation sites (tertiary alicyclic amines) is 1. The second-order valence-corrected chi connectivity index (χ2v) is 4.69. The van der Waals surface area contributed by atoms with Crippen LogP contribution < -0.4 is 0 Å². The first-order valence-electron chi connectivity index (χ1n) is 5.75. The number of rotatable bonds is 1. The third-order valence-corrected chi connectivity index (χ3v) is 3.12. The molecule has 5 nitrogen and oxygen atoms in total. The van der Waals surface area contributed by atoms with Crippen LogP contribution in [0.2, 0.25) is 0 Å². The topological polar surface area (TPSA) is 66.6 Å². The quantitative estimate of drug-likeness (QED) is 0.845. The van der Waals surface area contributed by atoms with E-state index in [1.54, 1.807) is 6.92 Å². The molecule has 0 aliphatic carbocycles. The van der Waals surface area contributed by atoms with Crippen LogP contribution in [-0.4, -0.2) is 45.9 Å². The number of aliphatic hydroxyl groups is 1. The average Bonchev–Trinajstić information content (AvgIpc) is 2.73. The molecule has 0 radical (unpaired) electrons. The van der Waals surface area contributed by atoms with Gasteiger partial charge in [0.2, 0.25) is 5.76 Å². The minimum absolute atomic E-state index is 0.0782. The third kappa shape index (κ3) is 2.58. The molecule has 1 N–H and O–H groups in total. The van der Waals surface area contributed by atoms with Crippen LogP contribution in [0.1, 0.15) is 29.1 Å². The SMILES string of the molecule is Cc1cc(C(=O)N2CCCC(O)(C(F)(F)F)C2)on1. The normalized spacial score (nSPS) is 24.6. The molecule has 0 aromatic carbocycles. The van der Waals surface area contributed by atoms with Gasteiger partial charge in [-0.1, -0.05) is 5.16 Å². The van der Waals surface area contributed by atoms with Crippen LogP contribution >= 0.6 is 0 Å². The predicted molar refractivity (Wildman–Crippen MR) is 57.4 cm³/mol. The molecule has 0 saturated carbocycles. The zero-order valence-corrected chi connectivity index (χ0v) is 10.2. The van der Waals surface area contributed by atoms with Crippen molar-refractivity contribution in [3.05, 3.63) is 17.5 Å². The molecule has 1 fully saturated rings. The number of hydrogen-bond acceptors (Lipinski definition) is 4. The molecule has 1 aliphatic heterocycles. The van der Waals surface area contributed by atoms with Gasteiger partial charge in [0.1, 0.15) is 0 Å². The molecule has 0 spiro atoms. The summed E-state index contributed by atoms with van der Waals surface area (Å²) in [7, 11) is 0. The van der Waals surface area contributed by atoms with Crippen molar-refractivity contribution in [2.75, 3.05) is 13.1 Å². The van der Waals surface area contributed by atoms with Crippen molar-refractivity contribution in [3.8, 4) is 0 Å². The Morgan fingerprint density at radius 2 is 2.26 bits per heavy atom. The van der Waals surface area contributed by atoms with Crippen LogP contribution in [0, 0.1) is 6.92 Å². The first-order valence-corrected chi connectivity index (χ1v) is 5.75. The van der Waals surface area contributed by atoms with Crippen LogP contribution in [-0.2, 0) is 0 Å². The van der Waals surface area contributed by atoms with E-state index in [0.29, 0.717) is 5.69 Å². The molecule has 1 amide bonds. The maximum atomic E-state index is 12.7. The molecule has 2 heterocycles. The molecule has 1 aromatic rings. The van der Waals surface area contributed by atoms with Gasteiger partial charge in [0, 0.05) is 12.6 Å². The first-order chi connectivity index (χ1) is 8.73. The number of aryl methyl sites for hydroxylation is 1. The van der Waals surface area contributed by atoms with Crippen LogP contribution in [0.5, 0.6) is 0 Å². The predicted octanol–water partition coefficient (Wildman–Crippen LogP) is 1.51. The summed E-state index contributed by atoms with van der Waals surface area (Å²) in [4.78, 5) is 12.9. The monoisotopic (exact) mass is 278 g/mol. The lowest BCUT2D eigenvalue weighted by molar-refractivity contribution is -0.271. The largest absolute Gasteiger partial charge is 0.418 e. The summed E-state index contributed by atoms with van der Waals surface area (Å²) in [6.45, 7) is 0.967. The lowest BCUT2D eigenvalue weighted by Gasteiger charge is -2.39. The van der Waals surface area contributed by atoms with Crippen molar-refractivity contribution in [2.45, 2.75) is 31.5 Å². The number of halogens is 3. The summed E-state index contributed by atoms with van der Waals surface area (Å²) in [5, 5.41) is 13.1. The number of carbonyl (C=O) groups is 1. The van der Waals surface area contributed by atoms with Gasteiger partial charge in [-0.2, -0.15) is 13.2 Å². The van der Waals surface area contributed by atoms with E-state index in [2.05, 4.69) is 5.16 Å². The lowest BCUT2D eigenvalue weighted by Crippen LogP contribution is -2.58. The molecule has 1 unspecified atom stereocenters. The smallest absolute Gasteiger partial charge is 0.379 e. The van der Waals surface area contributed by atoms with E-state index in [4.69, 9.17) is 4.52 Å². The molecule has 1 aliphatic rings. The maximum absolute atomic E-state index is 12.7. The van der Waals surface area contributed by atoms with Crippen molar-refractivity contribution in [2.24, 2.45) is 0 Å². The summed E-state index contributed by atoms with van der Waals surface area (Å²) in [5.41, 5.74) is -2.39. The Balaban J connectivity index is 2.16. The Morgan fingerprint density at radius 1 is 1.58 bits per heavy atom. The van der Waals surface area contributed by atoms with Gasteiger partial charge in [-0.25, -0.2) is 0 Å². The minimum atomic E-state index is -4.76. The molecule has 1 aromatic heterocycles. The van der Waals surface area contributed by atoms with Crippen molar-refractivity contribution in [3.63, 3.8) is 0 Å². The van der Waals surface area contributed by atoms with E-state index in [-0.39, 0.29) is 18.7 Å². The second-order valence-electron chi connectivity index (χ2n) is 4.69. The zero-order valence-electron chi connectivity index (χ0n) is 10.2. The van der Waals surface area contributed by atoms with E-state index in [1.807, 2.05) is 0 Å². The Hall–Kier alpha value is -1.57. The average molecular weight is 278 g/mol. The number of piperidine rings is 1. The first kappa shape index (κ1) is 13.9. The number of amides is 1. The standard InChI is InChI=1S/C11H13F3N2O3/c1-7-5-8(19-15-7)9(17)16-4-2-3-10(18,6-16)11(12,13)14/h5,18H,2-4,6H2,1H3. The second kappa shape index (κ2) is 4.52. The van der Waals surface area contributed by atoms with Crippen molar-refractivity contribution >= 4 is 5.91 Å². The molecule has 1 saturated heterocycles. The van der Waals surface area contributed by atoms with Crippen molar-refractivity contribution in [1.29, 1.82) is 0 Å². The maximum Gasteiger partial charge on any atom is 0.418 e. The number of hydrogen-bond donors (Lipinski definition) is 1. The highest BCUT2D eigenvalue weighted by Crippen LogP contribution is 2.37. The molecule has 8 heteroatoms. The van der Waals surface area contributed by atoms with Crippen LogP contribution in [0.25, 0.3) is 0 Å². The Labute approximate surface area is 107 Å². The lowest BCUT2D eigenvalue weighted by atomic mass is 9.92. The number of aromatic nitrogens is 1. The van der Waals surface area contributed by atoms with E-state index >= 15 is 0 Å². The van der Waals surface area contributed by atoms with Crippen molar-refractivity contribution in [1.82, 2.24) is 10.1 Å². The van der Waals surface area contributed by atoms with Gasteiger partial charge in [-0.3, -0.25) is 4.79 Å². The van der Waals surface area contributed by atoms with Gasteiger partial charge >= 0.3 is 6.18 Å². The minimum Gasteiger partial charge on any atom is -0.379 e. The summed E-state index contributed by atoms with van der Waals surface area (Å²) in [5.74, 6) is -0.813. The van der Waals surface area contributed by atoms with Crippen LogP contribution in [0.15, 0.2) is 10.6 Å². The highest BCUT2D eigenvalue weighted by Gasteiger charge is 2.56. The fourth-order valence-electron chi connectivity index (χ4n) is 2.06. The van der Waals surface area contributed by atoms with Crippen LogP contribution in [0.3, 0.4) is 0 Å². The Bertz CT molecular complexity index is 486. The molecule has 1 atom stereocenters. The van der Waals surface area contributed by atoms with E-state index in [0.717, 1.165) is 4.90 Å². The number of β-amino-alcohol motifs (C(OH)–C–C–N with tert-alkyl or cyclic N) is 1. The van der Waals surface area contributed by atoms with Gasteiger partial charge in [0.15, 0.2) is 5.60 Å². The molecule has 19 heavy (non-hydrogen) atoms. The van der Waals surface area contributed by atoms with Gasteiger partial charge in [-0.05, 0) is 19.8 Å². The highest BCUT2D eigenvalue weighted by molar-refractivity contribution is 5.91. The van der Waals surface area contributed by atoms with E-state index < -0.39 is 30.7 Å². The number of alkyl halides is 3. The fraction of sp³-hybridized carbons (Fsp3) is 0.636. The van der Waals surface area contributed by atoms with Crippen molar-refractivity contribution < 1.29 is 27.6 Å². The van der Waals surface area contributed by atoms with Gasteiger partial charge in [-0.15, -0.1) is 0 Å². The third-order valence-electron chi connectivity index (χ3n) is 3.12. The summed E-state index contributed by atoms with van der Waals surface area (Å²) in [6, 6.07) is 1.35. The number of carbonyl (C=O) groups excluding carboxylic acids is 1.